The van der Waals surface area contributed by atoms with E-state index in [1.54, 1.807) is 0 Å². The molecule has 0 aromatic heterocycles. The first-order valence-corrected chi connectivity index (χ1v) is 4.83. The molecule has 1 N–H and O–H groups in total. The van der Waals surface area contributed by atoms with Crippen LogP contribution in [0.15, 0.2) is 24.0 Å². The SMILES string of the molecule is CCCCC1=C[NH+](CC)C=C1.[C-]#N. The van der Waals surface area contributed by atoms with Gasteiger partial charge in [-0.1, -0.05) is 13.3 Å². The minimum Gasteiger partial charge on any atom is -0.512 e. The van der Waals surface area contributed by atoms with Gasteiger partial charge in [-0.3, -0.25) is 4.90 Å². The van der Waals surface area contributed by atoms with Crippen molar-refractivity contribution in [1.82, 2.24) is 0 Å². The Morgan fingerprint density at radius 1 is 1.38 bits per heavy atom. The molecule has 1 aliphatic heterocycles. The standard InChI is InChI=1S/C10H17N.CN/c1-3-5-6-10-7-8-11(4-2)9-10;1-2/h7-9H,3-6H2,1-2H3;/q;-1/p+1. The quantitative estimate of drug-likeness (QED) is 0.651. The number of nitrogens with zero attached hydrogens (tertiary/aromatic N) is 1. The molecule has 0 bridgehead atoms. The topological polar surface area (TPSA) is 28.2 Å². The summed E-state index contributed by atoms with van der Waals surface area (Å²) in [5, 5.41) is 6.25. The molecule has 1 heterocycles. The van der Waals surface area contributed by atoms with E-state index in [1.165, 1.54) is 36.3 Å². The third-order valence-corrected chi connectivity index (χ3v) is 2.11. The second kappa shape index (κ2) is 7.57. The van der Waals surface area contributed by atoms with Gasteiger partial charge in [0, 0.05) is 11.6 Å². The van der Waals surface area contributed by atoms with E-state index in [-0.39, 0.29) is 0 Å². The van der Waals surface area contributed by atoms with Crippen LogP contribution in [0.3, 0.4) is 0 Å². The van der Waals surface area contributed by atoms with Gasteiger partial charge in [0.25, 0.3) is 0 Å². The number of quaternary nitrogens is 1. The van der Waals surface area contributed by atoms with Crippen LogP contribution >= 0.6 is 0 Å². The highest BCUT2D eigenvalue weighted by molar-refractivity contribution is 5.17. The number of rotatable bonds is 4. The maximum Gasteiger partial charge on any atom is 0.102 e. The molecule has 1 rings (SSSR count). The molecule has 0 radical (unpaired) electrons. The Morgan fingerprint density at radius 2 is 2.08 bits per heavy atom. The average molecular weight is 178 g/mol. The van der Waals surface area contributed by atoms with E-state index >= 15 is 0 Å². The number of nitrogens with one attached hydrogen (secondary N) is 1. The van der Waals surface area contributed by atoms with Crippen LogP contribution in [0.5, 0.6) is 0 Å². The van der Waals surface area contributed by atoms with Crippen molar-refractivity contribution in [1.29, 1.82) is 5.26 Å². The van der Waals surface area contributed by atoms with Crippen molar-refractivity contribution < 1.29 is 4.90 Å². The molecule has 0 aliphatic carbocycles. The van der Waals surface area contributed by atoms with Gasteiger partial charge in [0.05, 0.1) is 12.7 Å². The van der Waals surface area contributed by atoms with Gasteiger partial charge in [0.2, 0.25) is 0 Å². The van der Waals surface area contributed by atoms with Gasteiger partial charge in [0.15, 0.2) is 0 Å². The van der Waals surface area contributed by atoms with E-state index in [0.717, 1.165) is 0 Å². The predicted molar refractivity (Wildman–Crippen MR) is 53.2 cm³/mol. The Balaban J connectivity index is 0.000000671. The Morgan fingerprint density at radius 3 is 2.54 bits per heavy atom. The summed E-state index contributed by atoms with van der Waals surface area (Å²) in [5.41, 5.74) is 1.52. The first-order chi connectivity index (χ1) is 6.36. The van der Waals surface area contributed by atoms with Crippen LogP contribution in [0.25, 0.3) is 0 Å². The largest absolute Gasteiger partial charge is 0.512 e. The molecule has 2 nitrogen and oxygen atoms in total. The third-order valence-electron chi connectivity index (χ3n) is 2.11. The van der Waals surface area contributed by atoms with Crippen LogP contribution in [-0.2, 0) is 0 Å². The molecule has 13 heavy (non-hydrogen) atoms. The fraction of sp³-hybridized carbons (Fsp3) is 0.545. The fourth-order valence-electron chi connectivity index (χ4n) is 1.30. The van der Waals surface area contributed by atoms with Crippen molar-refractivity contribution in [2.24, 2.45) is 0 Å². The molecule has 0 saturated carbocycles. The number of unbranched alkanes of at least 4 members (excludes halogenated alkanes) is 1. The van der Waals surface area contributed by atoms with Gasteiger partial charge < -0.3 is 11.8 Å². The Bertz CT molecular complexity index is 201. The summed E-state index contributed by atoms with van der Waals surface area (Å²) in [4.78, 5) is 1.48. The van der Waals surface area contributed by atoms with Crippen LogP contribution in [0.2, 0.25) is 0 Å². The van der Waals surface area contributed by atoms with Gasteiger partial charge in [0.1, 0.15) is 6.20 Å². The molecule has 1 unspecified atom stereocenters. The van der Waals surface area contributed by atoms with E-state index in [2.05, 4.69) is 32.3 Å². The Kier molecular flexibility index (Phi) is 6.95. The zero-order valence-electron chi connectivity index (χ0n) is 8.51. The molecule has 0 aromatic carbocycles. The normalized spacial score (nSPS) is 19.1. The maximum atomic E-state index is 6.25. The maximum absolute atomic E-state index is 6.25. The minimum atomic E-state index is 1.17. The molecular formula is C11H18N2. The molecule has 1 atom stereocenters. The molecule has 72 valence electrons. The number of hydrogen-bond donors (Lipinski definition) is 1. The lowest BCUT2D eigenvalue weighted by atomic mass is 10.1. The van der Waals surface area contributed by atoms with Crippen LogP contribution in [-0.4, -0.2) is 6.54 Å². The molecule has 2 heteroatoms. The fourth-order valence-corrected chi connectivity index (χ4v) is 1.30. The number of hydrogen-bond acceptors (Lipinski definition) is 1. The lowest BCUT2D eigenvalue weighted by Crippen LogP contribution is -3.01. The summed E-state index contributed by atoms with van der Waals surface area (Å²) in [5.74, 6) is 0. The molecule has 0 saturated heterocycles. The van der Waals surface area contributed by atoms with Crippen molar-refractivity contribution >= 4 is 0 Å². The highest BCUT2D eigenvalue weighted by atomic mass is 15.1. The van der Waals surface area contributed by atoms with E-state index in [1.807, 2.05) is 0 Å². The van der Waals surface area contributed by atoms with Crippen LogP contribution in [0.1, 0.15) is 33.1 Å². The van der Waals surface area contributed by atoms with Crippen LogP contribution < -0.4 is 4.90 Å². The van der Waals surface area contributed by atoms with Gasteiger partial charge in [-0.2, -0.15) is 0 Å². The summed E-state index contributed by atoms with van der Waals surface area (Å²) in [6.07, 6.45) is 10.7. The van der Waals surface area contributed by atoms with Crippen molar-refractivity contribution in [2.45, 2.75) is 33.1 Å². The molecular weight excluding hydrogens is 160 g/mol. The highest BCUT2D eigenvalue weighted by Crippen LogP contribution is 2.08. The second-order valence-corrected chi connectivity index (χ2v) is 3.08. The van der Waals surface area contributed by atoms with Crippen molar-refractivity contribution in [3.63, 3.8) is 0 Å². The smallest absolute Gasteiger partial charge is 0.102 e. The summed E-state index contributed by atoms with van der Waals surface area (Å²) in [6, 6.07) is 0. The summed E-state index contributed by atoms with van der Waals surface area (Å²) in [6.45, 7) is 10.4. The van der Waals surface area contributed by atoms with Crippen LogP contribution in [0.4, 0.5) is 0 Å². The van der Waals surface area contributed by atoms with Gasteiger partial charge in [-0.05, 0) is 19.8 Å². The Hall–Kier alpha value is -1.07. The molecule has 0 amide bonds. The average Bonchev–Trinajstić information content (AvgIpc) is 2.65. The van der Waals surface area contributed by atoms with Gasteiger partial charge >= 0.3 is 0 Å². The van der Waals surface area contributed by atoms with Gasteiger partial charge in [-0.15, -0.1) is 0 Å². The summed E-state index contributed by atoms with van der Waals surface area (Å²) < 4.78 is 0. The van der Waals surface area contributed by atoms with Gasteiger partial charge in [-0.25, -0.2) is 0 Å². The second-order valence-electron chi connectivity index (χ2n) is 3.08. The first-order valence-electron chi connectivity index (χ1n) is 4.83. The molecule has 0 aromatic rings. The predicted octanol–water partition coefficient (Wildman–Crippen LogP) is 1.59. The first kappa shape index (κ1) is 11.9. The molecule has 1 aliphatic rings. The lowest BCUT2D eigenvalue weighted by molar-refractivity contribution is -0.785. The van der Waals surface area contributed by atoms with Crippen molar-refractivity contribution in [3.05, 3.63) is 30.6 Å². The van der Waals surface area contributed by atoms with E-state index in [0.29, 0.717) is 0 Å². The van der Waals surface area contributed by atoms with E-state index in [9.17, 15) is 0 Å². The lowest BCUT2D eigenvalue weighted by Gasteiger charge is -2.00. The van der Waals surface area contributed by atoms with Crippen LogP contribution in [0, 0.1) is 11.8 Å². The van der Waals surface area contributed by atoms with E-state index in [4.69, 9.17) is 11.8 Å². The Labute approximate surface area is 81.2 Å². The van der Waals surface area contributed by atoms with Crippen molar-refractivity contribution in [3.8, 4) is 0 Å². The van der Waals surface area contributed by atoms with Crippen molar-refractivity contribution in [2.75, 3.05) is 6.54 Å². The zero-order valence-corrected chi connectivity index (χ0v) is 8.51. The third kappa shape index (κ3) is 4.49. The molecule has 0 spiro atoms. The summed E-state index contributed by atoms with van der Waals surface area (Å²) in [7, 11) is 0. The molecule has 0 fully saturated rings. The summed E-state index contributed by atoms with van der Waals surface area (Å²) >= 11 is 0. The monoisotopic (exact) mass is 178 g/mol. The van der Waals surface area contributed by atoms with E-state index < -0.39 is 0 Å². The minimum absolute atomic E-state index is 1.17. The highest BCUT2D eigenvalue weighted by Gasteiger charge is 2.07. The zero-order chi connectivity index (χ0) is 10.1. The number of allylic oxidation sites excluding steroid dienone is 2.